The number of nitrogens with zero attached hydrogens (tertiary/aromatic N) is 3. The van der Waals surface area contributed by atoms with Crippen LogP contribution < -0.4 is 0 Å². The van der Waals surface area contributed by atoms with Crippen LogP contribution in [-0.2, 0) is 5.41 Å². The van der Waals surface area contributed by atoms with E-state index >= 15 is 0 Å². The van der Waals surface area contributed by atoms with E-state index < -0.39 is 5.41 Å². The van der Waals surface area contributed by atoms with Gasteiger partial charge < -0.3 is 0 Å². The van der Waals surface area contributed by atoms with E-state index in [1.165, 1.54) is 38.1 Å². The smallest absolute Gasteiger partial charge is 0.161 e. The Balaban J connectivity index is 1.24. The molecule has 3 aromatic heterocycles. The highest BCUT2D eigenvalue weighted by molar-refractivity contribution is 7.26. The predicted octanol–water partition coefficient (Wildman–Crippen LogP) is 14.9. The summed E-state index contributed by atoms with van der Waals surface area (Å²) in [6.07, 6.45) is 0. The molecule has 62 heavy (non-hydrogen) atoms. The molecule has 0 bridgehead atoms. The van der Waals surface area contributed by atoms with Crippen LogP contribution in [0.15, 0.2) is 224 Å². The Bertz CT molecular complexity index is 3340. The van der Waals surface area contributed by atoms with Gasteiger partial charge in [0.1, 0.15) is 0 Å². The quantitative estimate of drug-likeness (QED) is 0.161. The molecule has 0 aliphatic heterocycles. The van der Waals surface area contributed by atoms with Gasteiger partial charge in [-0.05, 0) is 74.8 Å². The lowest BCUT2D eigenvalue weighted by molar-refractivity contribution is 0.768. The largest absolute Gasteiger partial charge is 0.248 e. The van der Waals surface area contributed by atoms with E-state index in [0.29, 0.717) is 5.82 Å². The molecule has 0 fully saturated rings. The summed E-state index contributed by atoms with van der Waals surface area (Å²) in [6, 6.07) is 80.3. The summed E-state index contributed by atoms with van der Waals surface area (Å²) < 4.78 is 2.27. The standard InChI is InChI=1S/C58H37N3S/c1-6-20-38(21-7-1)41-34-51(39-22-8-2-9-23-39)59-52(35-41)47-36-46-44-30-16-18-32-49(44)58(42-26-12-4-13-27-42,43-28-14-5-15-29-43)50(46)37-48(47)57-60-54(40-24-10-3-11-25-40)56-55(61-57)45-31-17-19-33-53(45)62-56/h1-37H. The lowest BCUT2D eigenvalue weighted by atomic mass is 9.67. The number of aromatic nitrogens is 3. The van der Waals surface area contributed by atoms with Crippen molar-refractivity contribution in [1.82, 2.24) is 15.0 Å². The highest BCUT2D eigenvalue weighted by atomic mass is 32.1. The molecule has 0 saturated carbocycles. The topological polar surface area (TPSA) is 38.7 Å². The fourth-order valence-electron chi connectivity index (χ4n) is 9.61. The van der Waals surface area contributed by atoms with Crippen LogP contribution >= 0.6 is 11.3 Å². The van der Waals surface area contributed by atoms with Crippen molar-refractivity contribution in [3.05, 3.63) is 247 Å². The van der Waals surface area contributed by atoms with Gasteiger partial charge in [-0.1, -0.05) is 194 Å². The van der Waals surface area contributed by atoms with E-state index in [0.717, 1.165) is 66.1 Å². The van der Waals surface area contributed by atoms with E-state index in [1.54, 1.807) is 11.3 Å². The van der Waals surface area contributed by atoms with Gasteiger partial charge >= 0.3 is 0 Å². The van der Waals surface area contributed by atoms with Gasteiger partial charge in [-0.15, -0.1) is 11.3 Å². The second-order valence-corrected chi connectivity index (χ2v) is 16.9. The molecule has 0 unspecified atom stereocenters. The van der Waals surface area contributed by atoms with Crippen LogP contribution in [0.3, 0.4) is 0 Å². The van der Waals surface area contributed by atoms with Crippen LogP contribution in [0.1, 0.15) is 22.3 Å². The van der Waals surface area contributed by atoms with Crippen LogP contribution in [0.25, 0.3) is 87.7 Å². The summed E-state index contributed by atoms with van der Waals surface area (Å²) in [5.74, 6) is 0.664. The molecule has 8 aromatic carbocycles. The molecular weight excluding hydrogens is 771 g/mol. The second-order valence-electron chi connectivity index (χ2n) is 15.9. The van der Waals surface area contributed by atoms with Crippen LogP contribution in [0, 0.1) is 0 Å². The fourth-order valence-corrected chi connectivity index (χ4v) is 10.8. The molecule has 4 heteroatoms. The van der Waals surface area contributed by atoms with Crippen molar-refractivity contribution < 1.29 is 0 Å². The Morgan fingerprint density at radius 3 is 1.61 bits per heavy atom. The maximum atomic E-state index is 5.62. The second kappa shape index (κ2) is 14.7. The Morgan fingerprint density at radius 2 is 0.919 bits per heavy atom. The zero-order valence-corrected chi connectivity index (χ0v) is 34.4. The van der Waals surface area contributed by atoms with Crippen LogP contribution in [-0.4, -0.2) is 15.0 Å². The third-order valence-electron chi connectivity index (χ3n) is 12.4. The highest BCUT2D eigenvalue weighted by Crippen LogP contribution is 2.58. The van der Waals surface area contributed by atoms with Crippen LogP contribution in [0.2, 0.25) is 0 Å². The third kappa shape index (κ3) is 5.76. The SMILES string of the molecule is c1ccc(-c2cc(-c3ccccc3)nc(-c3cc4c(cc3-c3nc(-c5ccccc5)c5sc6ccccc6c5n3)C(c3ccccc3)(c3ccccc3)c3ccccc3-4)c2)cc1. The number of benzene rings is 8. The Labute approximate surface area is 364 Å². The first kappa shape index (κ1) is 36.1. The molecule has 0 amide bonds. The van der Waals surface area contributed by atoms with Crippen LogP contribution in [0.4, 0.5) is 0 Å². The molecule has 0 saturated heterocycles. The minimum Gasteiger partial charge on any atom is -0.248 e. The van der Waals surface area contributed by atoms with Crippen molar-refractivity contribution in [2.75, 3.05) is 0 Å². The van der Waals surface area contributed by atoms with Gasteiger partial charge in [0.2, 0.25) is 0 Å². The molecule has 0 radical (unpaired) electrons. The Kier molecular flexibility index (Phi) is 8.58. The maximum absolute atomic E-state index is 5.62. The summed E-state index contributed by atoms with van der Waals surface area (Å²) >= 11 is 1.76. The van der Waals surface area contributed by atoms with Crippen molar-refractivity contribution in [1.29, 1.82) is 0 Å². The fraction of sp³-hybridized carbons (Fsp3) is 0.0172. The zero-order valence-electron chi connectivity index (χ0n) is 33.6. The molecule has 0 spiro atoms. The molecular formula is C58H37N3S. The van der Waals surface area contributed by atoms with Crippen molar-refractivity contribution >= 4 is 31.6 Å². The average molecular weight is 808 g/mol. The van der Waals surface area contributed by atoms with Crippen LogP contribution in [0.5, 0.6) is 0 Å². The summed E-state index contributed by atoms with van der Waals surface area (Å²) in [4.78, 5) is 16.8. The summed E-state index contributed by atoms with van der Waals surface area (Å²) in [6.45, 7) is 0. The first-order valence-corrected chi connectivity index (χ1v) is 21.8. The molecule has 3 heterocycles. The molecule has 3 nitrogen and oxygen atoms in total. The van der Waals surface area contributed by atoms with E-state index in [4.69, 9.17) is 15.0 Å². The van der Waals surface area contributed by atoms with Gasteiger partial charge in [0.25, 0.3) is 0 Å². The molecule has 12 rings (SSSR count). The summed E-state index contributed by atoms with van der Waals surface area (Å²) in [5.41, 5.74) is 16.5. The number of pyridine rings is 1. The normalized spacial score (nSPS) is 12.6. The number of fused-ring (bicyclic) bond motifs is 6. The molecule has 1 aliphatic carbocycles. The number of rotatable bonds is 7. The van der Waals surface area contributed by atoms with Gasteiger partial charge in [0.15, 0.2) is 5.82 Å². The minimum absolute atomic E-state index is 0.613. The number of thiophene rings is 1. The minimum atomic E-state index is -0.613. The van der Waals surface area contributed by atoms with Gasteiger partial charge in [-0.25, -0.2) is 15.0 Å². The number of hydrogen-bond donors (Lipinski definition) is 0. The predicted molar refractivity (Wildman–Crippen MR) is 257 cm³/mol. The summed E-state index contributed by atoms with van der Waals surface area (Å²) in [5, 5.41) is 1.13. The van der Waals surface area contributed by atoms with Gasteiger partial charge in [0, 0.05) is 32.3 Å². The highest BCUT2D eigenvalue weighted by Gasteiger charge is 2.46. The van der Waals surface area contributed by atoms with E-state index in [1.807, 2.05) is 0 Å². The first-order valence-electron chi connectivity index (χ1n) is 21.0. The van der Waals surface area contributed by atoms with Crippen molar-refractivity contribution in [3.8, 4) is 67.4 Å². The van der Waals surface area contributed by atoms with Gasteiger partial charge in [-0.2, -0.15) is 0 Å². The van der Waals surface area contributed by atoms with E-state index in [2.05, 4.69) is 224 Å². The molecule has 11 aromatic rings. The maximum Gasteiger partial charge on any atom is 0.161 e. The Hall–Kier alpha value is -7.79. The molecule has 1 aliphatic rings. The zero-order chi connectivity index (χ0) is 41.0. The van der Waals surface area contributed by atoms with Crippen molar-refractivity contribution in [2.24, 2.45) is 0 Å². The Morgan fingerprint density at radius 1 is 0.355 bits per heavy atom. The first-order chi connectivity index (χ1) is 30.7. The average Bonchev–Trinajstić information content (AvgIpc) is 3.88. The third-order valence-corrected chi connectivity index (χ3v) is 13.5. The van der Waals surface area contributed by atoms with Gasteiger partial charge in [0.05, 0.1) is 32.7 Å². The number of hydrogen-bond acceptors (Lipinski definition) is 4. The molecule has 0 atom stereocenters. The van der Waals surface area contributed by atoms with Crippen molar-refractivity contribution in [3.63, 3.8) is 0 Å². The summed E-state index contributed by atoms with van der Waals surface area (Å²) in [7, 11) is 0. The molecule has 0 N–H and O–H groups in total. The van der Waals surface area contributed by atoms with E-state index in [-0.39, 0.29) is 0 Å². The monoisotopic (exact) mass is 807 g/mol. The molecule has 290 valence electrons. The lowest BCUT2D eigenvalue weighted by Gasteiger charge is -2.34. The van der Waals surface area contributed by atoms with Gasteiger partial charge in [-0.3, -0.25) is 0 Å². The van der Waals surface area contributed by atoms with Crippen molar-refractivity contribution in [2.45, 2.75) is 5.41 Å². The lowest BCUT2D eigenvalue weighted by Crippen LogP contribution is -2.28. The van der Waals surface area contributed by atoms with E-state index in [9.17, 15) is 0 Å².